The Bertz CT molecular complexity index is 2670. The third-order valence-corrected chi connectivity index (χ3v) is 15.2. The van der Waals surface area contributed by atoms with Crippen LogP contribution in [0.4, 0.5) is 16.2 Å². The summed E-state index contributed by atoms with van der Waals surface area (Å²) in [4.78, 5) is 49.4. The van der Waals surface area contributed by atoms with Crippen LogP contribution in [0.15, 0.2) is 72.8 Å². The van der Waals surface area contributed by atoms with Crippen LogP contribution < -0.4 is 15.1 Å². The predicted octanol–water partition coefficient (Wildman–Crippen LogP) is 7.73. The third-order valence-electron chi connectivity index (χ3n) is 15.2. The van der Waals surface area contributed by atoms with Gasteiger partial charge in [0.05, 0.1) is 41.8 Å². The summed E-state index contributed by atoms with van der Waals surface area (Å²) >= 11 is 0. The van der Waals surface area contributed by atoms with Gasteiger partial charge < -0.3 is 39.9 Å². The molecule has 0 aliphatic carbocycles. The number of ether oxygens (including phenoxy) is 1. The van der Waals surface area contributed by atoms with Gasteiger partial charge in [0.15, 0.2) is 0 Å². The number of piperazine rings is 2. The molecule has 0 spiro atoms. The number of nitrogens with one attached hydrogen (secondary N) is 1. The first-order chi connectivity index (χ1) is 35.0. The number of carbonyl (C=O) groups excluding carboxylic acids is 3. The molecule has 4 aliphatic rings. The fourth-order valence-corrected chi connectivity index (χ4v) is 11.0. The average molecular weight is 993 g/mol. The number of hydrogen-bond donors (Lipinski definition) is 3. The van der Waals surface area contributed by atoms with Gasteiger partial charge in [-0.3, -0.25) is 14.5 Å². The molecule has 14 nitrogen and oxygen atoms in total. The van der Waals surface area contributed by atoms with Crippen molar-refractivity contribution in [3.8, 4) is 12.1 Å². The highest BCUT2D eigenvalue weighted by atomic mass is 16.6. The minimum absolute atomic E-state index is 0.0411. The summed E-state index contributed by atoms with van der Waals surface area (Å²) in [5.74, 6) is 1.07. The molecule has 4 aromatic carbocycles. The standard InChI is InChI=1S/C32H42N4O4.C27H34N4O2/c1-22-16-23(2)28(30(38)35-14-15-36(27(20-35)21-37)31(39)40-32(3,4)5)18-26(22)17-24-10-12-34(13-11-24)29-9-7-6-8-25(29)19-33;1-19-13-20(2)25(27(33)31-12-9-29-24(17-31)18-32)15-23(19)14-21-7-10-30(11-8-21)26-6-4-3-5-22(26)16-28/h6-9,16,18,24,27,37H,10-15,17,20-21H2,1-5H3;3-6,13,15,21,24,29,32H,7-12,14,17-18H2,1-2H3/t27-;24-/m11/s1. The topological polar surface area (TPSA) is 177 Å². The van der Waals surface area contributed by atoms with Crippen LogP contribution in [0, 0.1) is 62.2 Å². The van der Waals surface area contributed by atoms with Gasteiger partial charge in [-0.05, 0) is 169 Å². The number of para-hydroxylation sites is 2. The lowest BCUT2D eigenvalue weighted by Gasteiger charge is -2.41. The lowest BCUT2D eigenvalue weighted by atomic mass is 9.86. The van der Waals surface area contributed by atoms with Gasteiger partial charge in [-0.15, -0.1) is 0 Å². The molecule has 8 rings (SSSR count). The molecule has 4 heterocycles. The van der Waals surface area contributed by atoms with Crippen LogP contribution in [0.3, 0.4) is 0 Å². The SMILES string of the molecule is Cc1cc(C)c(C(=O)N2CCN(C(=O)OC(C)(C)C)[C@@H](CO)C2)cc1CC1CCN(c2ccccc2C#N)CC1.Cc1cc(C)c(C(=O)N2CCN[C@@H](CO)C2)cc1CC1CCN(c2ccccc2C#N)CC1. The summed E-state index contributed by atoms with van der Waals surface area (Å²) in [6, 6.07) is 28.1. The molecule has 0 saturated carbocycles. The van der Waals surface area contributed by atoms with Crippen molar-refractivity contribution in [2.45, 2.75) is 105 Å². The van der Waals surface area contributed by atoms with Gasteiger partial charge in [-0.2, -0.15) is 10.5 Å². The van der Waals surface area contributed by atoms with E-state index >= 15 is 0 Å². The molecule has 0 bridgehead atoms. The van der Waals surface area contributed by atoms with Crippen molar-refractivity contribution < 1.29 is 29.3 Å². The van der Waals surface area contributed by atoms with E-state index in [1.165, 1.54) is 27.2 Å². The molecule has 73 heavy (non-hydrogen) atoms. The normalized spacial score (nSPS) is 18.9. The number of benzene rings is 4. The Kier molecular flexibility index (Phi) is 18.2. The average Bonchev–Trinajstić information content (AvgIpc) is 3.39. The number of nitriles is 2. The highest BCUT2D eigenvalue weighted by molar-refractivity contribution is 5.97. The first kappa shape index (κ1) is 54.3. The van der Waals surface area contributed by atoms with Gasteiger partial charge in [0, 0.05) is 82.6 Å². The van der Waals surface area contributed by atoms with Gasteiger partial charge in [0.25, 0.3) is 11.8 Å². The second-order valence-corrected chi connectivity index (χ2v) is 21.6. The third kappa shape index (κ3) is 13.6. The lowest BCUT2D eigenvalue weighted by molar-refractivity contribution is -0.00986. The monoisotopic (exact) mass is 993 g/mol. The molecular formula is C59H76N8O6. The van der Waals surface area contributed by atoms with Crippen LogP contribution in [0.5, 0.6) is 0 Å². The van der Waals surface area contributed by atoms with Crippen LogP contribution in [0.1, 0.15) is 112 Å². The summed E-state index contributed by atoms with van der Waals surface area (Å²) in [7, 11) is 0. The smallest absolute Gasteiger partial charge is 0.410 e. The van der Waals surface area contributed by atoms with E-state index in [-0.39, 0.29) is 37.6 Å². The van der Waals surface area contributed by atoms with E-state index in [4.69, 9.17) is 4.74 Å². The van der Waals surface area contributed by atoms with E-state index in [0.717, 1.165) is 98.3 Å². The number of hydrogen-bond acceptors (Lipinski definition) is 11. The summed E-state index contributed by atoms with van der Waals surface area (Å²) in [6.07, 6.45) is 5.63. The van der Waals surface area contributed by atoms with Gasteiger partial charge in [-0.25, -0.2) is 4.79 Å². The van der Waals surface area contributed by atoms with Crippen LogP contribution in [-0.2, 0) is 17.6 Å². The van der Waals surface area contributed by atoms with Crippen molar-refractivity contribution in [1.29, 1.82) is 10.5 Å². The summed E-state index contributed by atoms with van der Waals surface area (Å²) in [6.45, 7) is 20.1. The van der Waals surface area contributed by atoms with Crippen molar-refractivity contribution in [3.05, 3.63) is 128 Å². The Morgan fingerprint density at radius 1 is 0.630 bits per heavy atom. The highest BCUT2D eigenvalue weighted by Gasteiger charge is 2.36. The zero-order valence-corrected chi connectivity index (χ0v) is 44.1. The Hall–Kier alpha value is -6.45. The molecule has 2 atom stereocenters. The molecule has 3 N–H and O–H groups in total. The first-order valence-electron chi connectivity index (χ1n) is 26.2. The van der Waals surface area contributed by atoms with Crippen molar-refractivity contribution in [2.24, 2.45) is 11.8 Å². The molecule has 3 amide bonds. The number of aliphatic hydroxyl groups is 2. The van der Waals surface area contributed by atoms with Crippen molar-refractivity contribution >= 4 is 29.3 Å². The lowest BCUT2D eigenvalue weighted by Crippen LogP contribution is -2.58. The number of rotatable bonds is 10. The number of amides is 3. The number of aliphatic hydroxyl groups excluding tert-OH is 2. The fraction of sp³-hybridized carbons (Fsp3) is 0.508. The molecule has 388 valence electrons. The Morgan fingerprint density at radius 2 is 1.10 bits per heavy atom. The Labute approximate surface area is 433 Å². The maximum atomic E-state index is 13.7. The van der Waals surface area contributed by atoms with E-state index in [2.05, 4.69) is 65.4 Å². The molecule has 4 aromatic rings. The van der Waals surface area contributed by atoms with E-state index in [1.54, 1.807) is 4.90 Å². The molecule has 4 fully saturated rings. The molecule has 0 unspecified atom stereocenters. The van der Waals surface area contributed by atoms with Crippen LogP contribution in [0.25, 0.3) is 0 Å². The second kappa shape index (κ2) is 24.5. The van der Waals surface area contributed by atoms with E-state index in [9.17, 15) is 35.1 Å². The van der Waals surface area contributed by atoms with Gasteiger partial charge in [-0.1, -0.05) is 36.4 Å². The van der Waals surface area contributed by atoms with Gasteiger partial charge in [0.2, 0.25) is 0 Å². The van der Waals surface area contributed by atoms with Crippen LogP contribution in [0.2, 0.25) is 0 Å². The largest absolute Gasteiger partial charge is 0.444 e. The minimum Gasteiger partial charge on any atom is -0.444 e. The molecule has 4 aliphatic heterocycles. The van der Waals surface area contributed by atoms with Crippen LogP contribution in [-0.4, -0.2) is 139 Å². The van der Waals surface area contributed by atoms with Gasteiger partial charge >= 0.3 is 6.09 Å². The number of piperidine rings is 2. The number of carbonyl (C=O) groups is 3. The Morgan fingerprint density at radius 3 is 1.53 bits per heavy atom. The summed E-state index contributed by atoms with van der Waals surface area (Å²) in [5, 5.41) is 41.6. The summed E-state index contributed by atoms with van der Waals surface area (Å²) in [5.41, 5.74) is 11.2. The van der Waals surface area contributed by atoms with Crippen molar-refractivity contribution in [3.63, 3.8) is 0 Å². The van der Waals surface area contributed by atoms with E-state index in [0.29, 0.717) is 55.7 Å². The fourth-order valence-electron chi connectivity index (χ4n) is 11.0. The second-order valence-electron chi connectivity index (χ2n) is 21.6. The van der Waals surface area contributed by atoms with E-state index < -0.39 is 17.7 Å². The van der Waals surface area contributed by atoms with Gasteiger partial charge in [0.1, 0.15) is 17.7 Å². The summed E-state index contributed by atoms with van der Waals surface area (Å²) < 4.78 is 5.51. The number of anilines is 2. The molecule has 0 aromatic heterocycles. The number of aryl methyl sites for hydroxylation is 4. The predicted molar refractivity (Wildman–Crippen MR) is 286 cm³/mol. The van der Waals surface area contributed by atoms with Crippen molar-refractivity contribution in [2.75, 3.05) is 88.5 Å². The van der Waals surface area contributed by atoms with Crippen LogP contribution >= 0.6 is 0 Å². The number of nitrogens with zero attached hydrogens (tertiary/aromatic N) is 7. The van der Waals surface area contributed by atoms with E-state index in [1.807, 2.05) is 88.0 Å². The minimum atomic E-state index is -0.628. The Balaban J connectivity index is 0.000000218. The van der Waals surface area contributed by atoms with Crippen molar-refractivity contribution in [1.82, 2.24) is 20.0 Å². The first-order valence-corrected chi connectivity index (χ1v) is 26.2. The molecular weight excluding hydrogens is 917 g/mol. The maximum Gasteiger partial charge on any atom is 0.410 e. The molecule has 14 heteroatoms. The quantitative estimate of drug-likeness (QED) is 0.142. The molecule has 4 saturated heterocycles. The zero-order valence-electron chi connectivity index (χ0n) is 44.1. The maximum absolute atomic E-state index is 13.7. The molecule has 0 radical (unpaired) electrons. The highest BCUT2D eigenvalue weighted by Crippen LogP contribution is 2.32. The zero-order chi connectivity index (χ0) is 52.4.